The highest BCUT2D eigenvalue weighted by molar-refractivity contribution is 9.10. The van der Waals surface area contributed by atoms with Crippen molar-refractivity contribution in [2.75, 3.05) is 5.73 Å². The molecule has 2 rings (SSSR count). The smallest absolute Gasteiger partial charge is 0.227 e. The predicted octanol–water partition coefficient (Wildman–Crippen LogP) is 4.66. The number of ether oxygens (including phenoxy) is 1. The number of hydrogen-bond donors (Lipinski definition) is 1. The minimum Gasteiger partial charge on any atom is -0.439 e. The van der Waals surface area contributed by atoms with E-state index in [1.54, 1.807) is 0 Å². The highest BCUT2D eigenvalue weighted by Gasteiger charge is 2.14. The molecular formula is C16H20BrN3O. The number of nitrogens with zero attached hydrogens (tertiary/aromatic N) is 2. The number of rotatable bonds is 3. The maximum Gasteiger partial charge on any atom is 0.227 e. The molecule has 0 aliphatic rings. The van der Waals surface area contributed by atoms with Gasteiger partial charge in [0.05, 0.1) is 5.56 Å². The van der Waals surface area contributed by atoms with Gasteiger partial charge in [-0.25, -0.2) is 4.98 Å². The third kappa shape index (κ3) is 3.35. The molecule has 0 bridgehead atoms. The normalized spacial score (nSPS) is 11.0. The summed E-state index contributed by atoms with van der Waals surface area (Å²) in [6.45, 7) is 9.99. The molecule has 0 aliphatic heterocycles. The molecule has 0 saturated heterocycles. The molecule has 1 heterocycles. The highest BCUT2D eigenvalue weighted by atomic mass is 79.9. The number of nitrogens with two attached hydrogens (primary N) is 1. The SMILES string of the molecule is Cc1cc(Oc2nc(C(C)C)nc(N)c2C)cc(C)c1Br. The summed E-state index contributed by atoms with van der Waals surface area (Å²) >= 11 is 3.55. The maximum absolute atomic E-state index is 5.96. The summed E-state index contributed by atoms with van der Waals surface area (Å²) in [7, 11) is 0. The van der Waals surface area contributed by atoms with E-state index in [0.29, 0.717) is 17.5 Å². The molecule has 21 heavy (non-hydrogen) atoms. The van der Waals surface area contributed by atoms with Gasteiger partial charge in [0.15, 0.2) is 0 Å². The lowest BCUT2D eigenvalue weighted by molar-refractivity contribution is 0.452. The van der Waals surface area contributed by atoms with Crippen LogP contribution in [0.15, 0.2) is 16.6 Å². The van der Waals surface area contributed by atoms with Crippen LogP contribution in [0.25, 0.3) is 0 Å². The average Bonchev–Trinajstić information content (AvgIpc) is 2.40. The van der Waals surface area contributed by atoms with Gasteiger partial charge >= 0.3 is 0 Å². The zero-order chi connectivity index (χ0) is 15.7. The Labute approximate surface area is 133 Å². The molecule has 1 aromatic heterocycles. The first kappa shape index (κ1) is 15.8. The molecular weight excluding hydrogens is 330 g/mol. The Morgan fingerprint density at radius 1 is 1.10 bits per heavy atom. The van der Waals surface area contributed by atoms with Crippen molar-refractivity contribution < 1.29 is 4.74 Å². The molecule has 5 heteroatoms. The van der Waals surface area contributed by atoms with Crippen LogP contribution >= 0.6 is 15.9 Å². The number of hydrogen-bond acceptors (Lipinski definition) is 4. The highest BCUT2D eigenvalue weighted by Crippen LogP contribution is 2.31. The molecule has 4 nitrogen and oxygen atoms in total. The fourth-order valence-corrected chi connectivity index (χ4v) is 2.19. The second-order valence-corrected chi connectivity index (χ2v) is 6.32. The minimum atomic E-state index is 0.198. The number of aryl methyl sites for hydroxylation is 2. The van der Waals surface area contributed by atoms with Crippen LogP contribution in [0.5, 0.6) is 11.6 Å². The number of nitrogen functional groups attached to an aromatic ring is 1. The molecule has 0 fully saturated rings. The Balaban J connectivity index is 2.44. The lowest BCUT2D eigenvalue weighted by Crippen LogP contribution is -2.06. The lowest BCUT2D eigenvalue weighted by atomic mass is 10.1. The molecule has 0 amide bonds. The van der Waals surface area contributed by atoms with Crippen molar-refractivity contribution in [3.63, 3.8) is 0 Å². The van der Waals surface area contributed by atoms with E-state index >= 15 is 0 Å². The van der Waals surface area contributed by atoms with E-state index in [-0.39, 0.29) is 5.92 Å². The Kier molecular flexibility index (Phi) is 4.52. The van der Waals surface area contributed by atoms with E-state index in [9.17, 15) is 0 Å². The van der Waals surface area contributed by atoms with Crippen LogP contribution in [0.4, 0.5) is 5.82 Å². The van der Waals surface area contributed by atoms with Crippen molar-refractivity contribution in [1.29, 1.82) is 0 Å². The molecule has 2 N–H and O–H groups in total. The summed E-state index contributed by atoms with van der Waals surface area (Å²) < 4.78 is 7.04. The first-order valence-electron chi connectivity index (χ1n) is 6.88. The van der Waals surface area contributed by atoms with Gasteiger partial charge in [0.2, 0.25) is 5.88 Å². The summed E-state index contributed by atoms with van der Waals surface area (Å²) in [5.74, 6) is 2.63. The largest absolute Gasteiger partial charge is 0.439 e. The van der Waals surface area contributed by atoms with Crippen LogP contribution in [0.3, 0.4) is 0 Å². The number of halogens is 1. The van der Waals surface area contributed by atoms with Crippen LogP contribution in [0, 0.1) is 20.8 Å². The Morgan fingerprint density at radius 3 is 2.19 bits per heavy atom. The van der Waals surface area contributed by atoms with E-state index in [1.165, 1.54) is 0 Å². The van der Waals surface area contributed by atoms with Crippen molar-refractivity contribution in [2.24, 2.45) is 0 Å². The Hall–Kier alpha value is -1.62. The van der Waals surface area contributed by atoms with Crippen molar-refractivity contribution >= 4 is 21.7 Å². The van der Waals surface area contributed by atoms with Crippen molar-refractivity contribution in [3.05, 3.63) is 39.1 Å². The first-order valence-corrected chi connectivity index (χ1v) is 7.67. The molecule has 0 aliphatic carbocycles. The van der Waals surface area contributed by atoms with Crippen LogP contribution in [-0.2, 0) is 0 Å². The van der Waals surface area contributed by atoms with Gasteiger partial charge in [-0.1, -0.05) is 29.8 Å². The zero-order valence-corrected chi connectivity index (χ0v) is 14.6. The van der Waals surface area contributed by atoms with Gasteiger partial charge in [0.25, 0.3) is 0 Å². The lowest BCUT2D eigenvalue weighted by Gasteiger charge is -2.14. The molecule has 0 radical (unpaired) electrons. The molecule has 112 valence electrons. The van der Waals surface area contributed by atoms with E-state index in [0.717, 1.165) is 26.9 Å². The predicted molar refractivity (Wildman–Crippen MR) is 89.0 cm³/mol. The van der Waals surface area contributed by atoms with Crippen LogP contribution in [0.2, 0.25) is 0 Å². The van der Waals surface area contributed by atoms with E-state index in [4.69, 9.17) is 10.5 Å². The summed E-state index contributed by atoms with van der Waals surface area (Å²) in [5, 5.41) is 0. The summed E-state index contributed by atoms with van der Waals surface area (Å²) in [6.07, 6.45) is 0. The molecule has 0 spiro atoms. The van der Waals surface area contributed by atoms with Gasteiger partial charge in [0.1, 0.15) is 17.4 Å². The van der Waals surface area contributed by atoms with Crippen molar-refractivity contribution in [2.45, 2.75) is 40.5 Å². The first-order chi connectivity index (χ1) is 9.79. The van der Waals surface area contributed by atoms with Gasteiger partial charge < -0.3 is 10.5 Å². The van der Waals surface area contributed by atoms with Crippen LogP contribution in [0.1, 0.15) is 42.3 Å². The maximum atomic E-state index is 5.96. The van der Waals surface area contributed by atoms with Gasteiger partial charge in [-0.15, -0.1) is 0 Å². The summed E-state index contributed by atoms with van der Waals surface area (Å²) in [4.78, 5) is 8.79. The van der Waals surface area contributed by atoms with Gasteiger partial charge in [-0.3, -0.25) is 0 Å². The molecule has 0 atom stereocenters. The number of aromatic nitrogens is 2. The van der Waals surface area contributed by atoms with Crippen LogP contribution in [-0.4, -0.2) is 9.97 Å². The second-order valence-electron chi connectivity index (χ2n) is 5.53. The minimum absolute atomic E-state index is 0.198. The molecule has 0 unspecified atom stereocenters. The van der Waals surface area contributed by atoms with Gasteiger partial charge in [-0.05, 0) is 44.0 Å². The third-order valence-corrected chi connectivity index (χ3v) is 4.55. The Morgan fingerprint density at radius 2 is 1.67 bits per heavy atom. The van der Waals surface area contributed by atoms with E-state index in [1.807, 2.05) is 46.8 Å². The van der Waals surface area contributed by atoms with Gasteiger partial charge in [0, 0.05) is 10.4 Å². The fraction of sp³-hybridized carbons (Fsp3) is 0.375. The summed E-state index contributed by atoms with van der Waals surface area (Å²) in [5.41, 5.74) is 8.96. The van der Waals surface area contributed by atoms with Crippen LogP contribution < -0.4 is 10.5 Å². The zero-order valence-electron chi connectivity index (χ0n) is 13.0. The van der Waals surface area contributed by atoms with Crippen molar-refractivity contribution in [1.82, 2.24) is 9.97 Å². The molecule has 2 aromatic rings. The Bertz CT molecular complexity index is 660. The van der Waals surface area contributed by atoms with Crippen molar-refractivity contribution in [3.8, 4) is 11.6 Å². The quantitative estimate of drug-likeness (QED) is 0.874. The average molecular weight is 350 g/mol. The van der Waals surface area contributed by atoms with E-state index in [2.05, 4.69) is 25.9 Å². The molecule has 0 saturated carbocycles. The third-order valence-electron chi connectivity index (χ3n) is 3.30. The van der Waals surface area contributed by atoms with Gasteiger partial charge in [-0.2, -0.15) is 4.98 Å². The molecule has 1 aromatic carbocycles. The second kappa shape index (κ2) is 6.02. The number of anilines is 1. The van der Waals surface area contributed by atoms with E-state index < -0.39 is 0 Å². The standard InChI is InChI=1S/C16H20BrN3O/c1-8(2)15-19-14(18)11(5)16(20-15)21-12-6-9(3)13(17)10(4)7-12/h6-8H,1-5H3,(H2,18,19,20). The summed E-state index contributed by atoms with van der Waals surface area (Å²) in [6, 6.07) is 3.95. The monoisotopic (exact) mass is 349 g/mol. The number of benzene rings is 1. The fourth-order valence-electron chi connectivity index (χ4n) is 1.96. The topological polar surface area (TPSA) is 61.0 Å².